The number of carbonyl (C=O) groups excluding carboxylic acids is 2. The monoisotopic (exact) mass is 505 g/mol. The first kappa shape index (κ1) is 22.7. The van der Waals surface area contributed by atoms with E-state index in [0.29, 0.717) is 27.2 Å². The number of amides is 2. The van der Waals surface area contributed by atoms with Gasteiger partial charge in [0.2, 0.25) is 18.0 Å². The molecule has 6 nitrogen and oxygen atoms in total. The lowest BCUT2D eigenvalue weighted by Gasteiger charge is -2.20. The molecule has 0 radical (unpaired) electrons. The zero-order valence-electron chi connectivity index (χ0n) is 18.6. The molecule has 0 saturated carbocycles. The van der Waals surface area contributed by atoms with Gasteiger partial charge in [-0.2, -0.15) is 5.01 Å². The van der Waals surface area contributed by atoms with Gasteiger partial charge in [0, 0.05) is 17.0 Å². The molecule has 1 aliphatic heterocycles. The second kappa shape index (κ2) is 9.58. The first-order chi connectivity index (χ1) is 15.8. The molecule has 2 amide bonds. The van der Waals surface area contributed by atoms with Crippen molar-refractivity contribution >= 4 is 39.3 Å². The van der Waals surface area contributed by atoms with Crippen LogP contribution in [0.1, 0.15) is 60.0 Å². The van der Waals surface area contributed by atoms with Crippen LogP contribution in [0.25, 0.3) is 0 Å². The van der Waals surface area contributed by atoms with Crippen LogP contribution in [0.2, 0.25) is 0 Å². The summed E-state index contributed by atoms with van der Waals surface area (Å²) in [5.74, 6) is 0.168. The maximum atomic E-state index is 12.9. The van der Waals surface area contributed by atoms with E-state index in [1.165, 1.54) is 17.5 Å². The summed E-state index contributed by atoms with van der Waals surface area (Å²) in [5, 5.41) is 8.70. The maximum Gasteiger partial charge on any atom is 0.256 e. The highest BCUT2D eigenvalue weighted by atomic mass is 79.9. The number of hydrazone groups is 1. The Balaban J connectivity index is 1.63. The highest BCUT2D eigenvalue weighted by Gasteiger charge is 2.34. The fourth-order valence-electron chi connectivity index (χ4n) is 3.55. The number of ether oxygens (including phenoxy) is 1. The van der Waals surface area contributed by atoms with E-state index >= 15 is 0 Å². The molecule has 0 bridgehead atoms. The molecule has 7 heteroatoms. The Morgan fingerprint density at radius 1 is 1.00 bits per heavy atom. The Labute approximate surface area is 201 Å². The number of carbonyl (C=O) groups is 2. The molecule has 0 saturated heterocycles. The van der Waals surface area contributed by atoms with Crippen molar-refractivity contribution < 1.29 is 14.3 Å². The van der Waals surface area contributed by atoms with Crippen molar-refractivity contribution in [1.29, 1.82) is 0 Å². The Morgan fingerprint density at radius 2 is 1.67 bits per heavy atom. The minimum Gasteiger partial charge on any atom is -0.446 e. The van der Waals surface area contributed by atoms with Gasteiger partial charge in [0.05, 0.1) is 16.8 Å². The molecule has 1 heterocycles. The predicted octanol–water partition coefficient (Wildman–Crippen LogP) is 6.06. The summed E-state index contributed by atoms with van der Waals surface area (Å²) in [4.78, 5) is 25.2. The van der Waals surface area contributed by atoms with Crippen molar-refractivity contribution in [2.75, 3.05) is 5.32 Å². The number of benzene rings is 3. The van der Waals surface area contributed by atoms with E-state index < -0.39 is 6.23 Å². The number of halogens is 1. The molecule has 33 heavy (non-hydrogen) atoms. The van der Waals surface area contributed by atoms with Gasteiger partial charge < -0.3 is 10.1 Å². The van der Waals surface area contributed by atoms with E-state index in [2.05, 4.69) is 40.2 Å². The van der Waals surface area contributed by atoms with Crippen LogP contribution in [-0.4, -0.2) is 22.7 Å². The molecule has 1 N–H and O–H groups in total. The second-order valence-corrected chi connectivity index (χ2v) is 8.89. The maximum absolute atomic E-state index is 12.9. The lowest BCUT2D eigenvalue weighted by Crippen LogP contribution is -2.25. The van der Waals surface area contributed by atoms with Crippen LogP contribution in [0.5, 0.6) is 0 Å². The average Bonchev–Trinajstić information content (AvgIpc) is 3.25. The summed E-state index contributed by atoms with van der Waals surface area (Å²) in [7, 11) is 0. The van der Waals surface area contributed by atoms with Crippen LogP contribution in [0.4, 0.5) is 5.69 Å². The third-order valence-corrected chi connectivity index (χ3v) is 6.07. The lowest BCUT2D eigenvalue weighted by atomic mass is 10.0. The summed E-state index contributed by atoms with van der Waals surface area (Å²) in [5.41, 5.74) is 3.66. The summed E-state index contributed by atoms with van der Waals surface area (Å²) in [6.07, 6.45) is -0.675. The SMILES string of the molecule is CC(=O)N1N=C(c2ccccc2NC(=O)c2ccccc2Br)O[C@H]1c1ccc(C(C)C)cc1. The molecule has 168 valence electrons. The van der Waals surface area contributed by atoms with Crippen molar-refractivity contribution in [3.05, 3.63) is 99.5 Å². The minimum atomic E-state index is -0.675. The first-order valence-electron chi connectivity index (χ1n) is 10.7. The van der Waals surface area contributed by atoms with Gasteiger partial charge in [-0.1, -0.05) is 62.4 Å². The number of para-hydroxylation sites is 1. The lowest BCUT2D eigenvalue weighted by molar-refractivity contribution is -0.135. The second-order valence-electron chi connectivity index (χ2n) is 8.04. The number of nitrogens with zero attached hydrogens (tertiary/aromatic N) is 2. The largest absolute Gasteiger partial charge is 0.446 e. The first-order valence-corrected chi connectivity index (χ1v) is 11.4. The van der Waals surface area contributed by atoms with Crippen LogP contribution < -0.4 is 5.32 Å². The van der Waals surface area contributed by atoms with E-state index in [-0.39, 0.29) is 17.7 Å². The minimum absolute atomic E-state index is 0.238. The van der Waals surface area contributed by atoms with E-state index in [1.54, 1.807) is 24.3 Å². The highest BCUT2D eigenvalue weighted by Crippen LogP contribution is 2.33. The Kier molecular flexibility index (Phi) is 6.60. The topological polar surface area (TPSA) is 71.0 Å². The molecule has 1 atom stereocenters. The fourth-order valence-corrected chi connectivity index (χ4v) is 4.02. The Morgan fingerprint density at radius 3 is 2.33 bits per heavy atom. The molecule has 3 aromatic carbocycles. The van der Waals surface area contributed by atoms with Gasteiger partial charge in [-0.25, -0.2) is 0 Å². The van der Waals surface area contributed by atoms with E-state index in [0.717, 1.165) is 5.56 Å². The average molecular weight is 506 g/mol. The van der Waals surface area contributed by atoms with Gasteiger partial charge in [0.15, 0.2) is 0 Å². The summed E-state index contributed by atoms with van der Waals surface area (Å²) in [6, 6.07) is 22.4. The number of hydrogen-bond donors (Lipinski definition) is 1. The molecule has 0 fully saturated rings. The molecule has 0 unspecified atom stereocenters. The number of nitrogens with one attached hydrogen (secondary N) is 1. The quantitative estimate of drug-likeness (QED) is 0.457. The van der Waals surface area contributed by atoms with E-state index in [4.69, 9.17) is 4.74 Å². The number of anilines is 1. The molecular formula is C26H24BrN3O3. The number of rotatable bonds is 5. The summed E-state index contributed by atoms with van der Waals surface area (Å²) < 4.78 is 6.85. The van der Waals surface area contributed by atoms with E-state index in [9.17, 15) is 9.59 Å². The van der Waals surface area contributed by atoms with Gasteiger partial charge in [-0.05, 0) is 51.7 Å². The van der Waals surface area contributed by atoms with Crippen LogP contribution in [0.15, 0.2) is 82.4 Å². The Bertz CT molecular complexity index is 1220. The third-order valence-electron chi connectivity index (χ3n) is 5.38. The smallest absolute Gasteiger partial charge is 0.256 e. The number of hydrogen-bond acceptors (Lipinski definition) is 4. The summed E-state index contributed by atoms with van der Waals surface area (Å²) >= 11 is 3.41. The van der Waals surface area contributed by atoms with Gasteiger partial charge >= 0.3 is 0 Å². The van der Waals surface area contributed by atoms with Crippen molar-refractivity contribution in [2.45, 2.75) is 32.9 Å². The molecule has 0 aromatic heterocycles. The van der Waals surface area contributed by atoms with Crippen LogP contribution in [-0.2, 0) is 9.53 Å². The molecular weight excluding hydrogens is 482 g/mol. The van der Waals surface area contributed by atoms with Gasteiger partial charge in [-0.3, -0.25) is 9.59 Å². The van der Waals surface area contributed by atoms with Crippen molar-refractivity contribution in [3.8, 4) is 0 Å². The van der Waals surface area contributed by atoms with Crippen molar-refractivity contribution in [1.82, 2.24) is 5.01 Å². The molecule has 3 aromatic rings. The van der Waals surface area contributed by atoms with Crippen molar-refractivity contribution in [3.63, 3.8) is 0 Å². The standard InChI is InChI=1S/C26H24BrN3O3/c1-16(2)18-12-14-19(15-13-18)26-30(17(3)31)29-25(33-26)21-9-5-7-11-23(21)28-24(32)20-8-4-6-10-22(20)27/h4-16,26H,1-3H3,(H,28,32)/t26-/m0/s1. The molecule has 1 aliphatic rings. The van der Waals surface area contributed by atoms with Gasteiger partial charge in [0.25, 0.3) is 5.91 Å². The molecule has 0 spiro atoms. The van der Waals surface area contributed by atoms with Crippen LogP contribution >= 0.6 is 15.9 Å². The van der Waals surface area contributed by atoms with Gasteiger partial charge in [-0.15, -0.1) is 5.10 Å². The van der Waals surface area contributed by atoms with Crippen molar-refractivity contribution in [2.24, 2.45) is 5.10 Å². The fraction of sp³-hybridized carbons (Fsp3) is 0.192. The Hall–Kier alpha value is -3.45. The highest BCUT2D eigenvalue weighted by molar-refractivity contribution is 9.10. The van der Waals surface area contributed by atoms with E-state index in [1.807, 2.05) is 48.5 Å². The normalized spacial score (nSPS) is 15.2. The summed E-state index contributed by atoms with van der Waals surface area (Å²) in [6.45, 7) is 5.71. The molecule has 0 aliphatic carbocycles. The predicted molar refractivity (Wildman–Crippen MR) is 132 cm³/mol. The zero-order chi connectivity index (χ0) is 23.5. The van der Waals surface area contributed by atoms with Crippen LogP contribution in [0, 0.1) is 0 Å². The van der Waals surface area contributed by atoms with Crippen LogP contribution in [0.3, 0.4) is 0 Å². The molecule has 4 rings (SSSR count). The van der Waals surface area contributed by atoms with Gasteiger partial charge in [0.1, 0.15) is 0 Å². The zero-order valence-corrected chi connectivity index (χ0v) is 20.2. The third kappa shape index (κ3) is 4.83.